The van der Waals surface area contributed by atoms with Gasteiger partial charge in [0.05, 0.1) is 13.5 Å². The van der Waals surface area contributed by atoms with Crippen molar-refractivity contribution in [3.05, 3.63) is 59.1 Å². The zero-order valence-corrected chi connectivity index (χ0v) is 13.3. The Hall–Kier alpha value is -2.53. The Bertz CT molecular complexity index is 668. The highest BCUT2D eigenvalue weighted by atomic mass is 35.5. The summed E-state index contributed by atoms with van der Waals surface area (Å²) in [5.74, 6) is -0.186. The highest BCUT2D eigenvalue weighted by Gasteiger charge is 2.09. The zero-order valence-electron chi connectivity index (χ0n) is 12.5. The highest BCUT2D eigenvalue weighted by Crippen LogP contribution is 2.15. The van der Waals surface area contributed by atoms with Crippen molar-refractivity contribution >= 4 is 29.2 Å². The summed E-state index contributed by atoms with van der Waals surface area (Å²) in [7, 11) is 1.56. The maximum Gasteiger partial charge on any atom is 0.310 e. The fourth-order valence-corrected chi connectivity index (χ4v) is 1.96. The second kappa shape index (κ2) is 8.19. The van der Waals surface area contributed by atoms with Gasteiger partial charge < -0.3 is 14.8 Å². The number of carbonyl (C=O) groups is 2. The molecule has 6 heteroatoms. The molecule has 1 N–H and O–H groups in total. The summed E-state index contributed by atoms with van der Waals surface area (Å²) in [6.07, 6.45) is 0.0903. The topological polar surface area (TPSA) is 64.6 Å². The molecule has 0 aliphatic rings. The number of rotatable bonds is 6. The molecule has 2 rings (SSSR count). The molecule has 0 aromatic heterocycles. The molecule has 0 aliphatic carbocycles. The van der Waals surface area contributed by atoms with Crippen LogP contribution < -0.4 is 10.1 Å². The summed E-state index contributed by atoms with van der Waals surface area (Å²) < 4.78 is 9.97. The molecule has 2 aromatic rings. The molecule has 23 heavy (non-hydrogen) atoms. The first-order valence-corrected chi connectivity index (χ1v) is 7.28. The van der Waals surface area contributed by atoms with Crippen LogP contribution in [0.2, 0.25) is 5.02 Å². The third-order valence-electron chi connectivity index (χ3n) is 3.00. The SMILES string of the molecule is COc1ccc(NC(=O)COC(=O)Cc2ccc(Cl)cc2)cc1. The third kappa shape index (κ3) is 5.64. The lowest BCUT2D eigenvalue weighted by molar-refractivity contribution is -0.146. The molecule has 0 unspecified atom stereocenters. The number of benzene rings is 2. The lowest BCUT2D eigenvalue weighted by atomic mass is 10.1. The van der Waals surface area contributed by atoms with Crippen LogP contribution in [0.5, 0.6) is 5.75 Å². The summed E-state index contributed by atoms with van der Waals surface area (Å²) in [5.41, 5.74) is 1.37. The number of hydrogen-bond donors (Lipinski definition) is 1. The van der Waals surface area contributed by atoms with Crippen LogP contribution in [0.3, 0.4) is 0 Å². The smallest absolute Gasteiger partial charge is 0.310 e. The van der Waals surface area contributed by atoms with Gasteiger partial charge in [-0.15, -0.1) is 0 Å². The molecule has 0 atom stereocenters. The number of nitrogens with one attached hydrogen (secondary N) is 1. The van der Waals surface area contributed by atoms with Crippen molar-refractivity contribution in [3.63, 3.8) is 0 Å². The van der Waals surface area contributed by atoms with E-state index in [0.29, 0.717) is 16.5 Å². The Morgan fingerprint density at radius 1 is 1.04 bits per heavy atom. The van der Waals surface area contributed by atoms with E-state index in [9.17, 15) is 9.59 Å². The minimum atomic E-state index is -0.475. The number of halogens is 1. The third-order valence-corrected chi connectivity index (χ3v) is 3.25. The van der Waals surface area contributed by atoms with Crippen LogP contribution in [0.25, 0.3) is 0 Å². The first kappa shape index (κ1) is 16.8. The molecule has 0 heterocycles. The standard InChI is InChI=1S/C17H16ClNO4/c1-22-15-8-6-14(7-9-15)19-16(20)11-23-17(21)10-12-2-4-13(18)5-3-12/h2-9H,10-11H2,1H3,(H,19,20). The molecular weight excluding hydrogens is 318 g/mol. The molecule has 0 aliphatic heterocycles. The number of carbonyl (C=O) groups excluding carboxylic acids is 2. The Labute approximate surface area is 139 Å². The normalized spacial score (nSPS) is 10.0. The second-order valence-electron chi connectivity index (χ2n) is 4.74. The van der Waals surface area contributed by atoms with Crippen LogP contribution in [-0.2, 0) is 20.7 Å². The van der Waals surface area contributed by atoms with Crippen molar-refractivity contribution in [3.8, 4) is 5.75 Å². The van der Waals surface area contributed by atoms with E-state index in [-0.39, 0.29) is 13.0 Å². The molecule has 0 saturated heterocycles. The molecule has 2 aromatic carbocycles. The van der Waals surface area contributed by atoms with Crippen LogP contribution >= 0.6 is 11.6 Å². The fourth-order valence-electron chi connectivity index (χ4n) is 1.84. The Kier molecular flexibility index (Phi) is 6.00. The van der Waals surface area contributed by atoms with Crippen molar-refractivity contribution in [1.29, 1.82) is 0 Å². The van der Waals surface area contributed by atoms with Gasteiger partial charge in [0.1, 0.15) is 5.75 Å². The van der Waals surface area contributed by atoms with Gasteiger partial charge in [0.2, 0.25) is 0 Å². The van der Waals surface area contributed by atoms with Crippen LogP contribution in [0, 0.1) is 0 Å². The van der Waals surface area contributed by atoms with Gasteiger partial charge in [-0.05, 0) is 42.0 Å². The van der Waals surface area contributed by atoms with E-state index in [0.717, 1.165) is 5.56 Å². The first-order valence-electron chi connectivity index (χ1n) is 6.91. The maximum absolute atomic E-state index is 11.7. The average Bonchev–Trinajstić information content (AvgIpc) is 2.56. The van der Waals surface area contributed by atoms with E-state index in [1.165, 1.54) is 0 Å². The van der Waals surface area contributed by atoms with Crippen LogP contribution in [-0.4, -0.2) is 25.6 Å². The van der Waals surface area contributed by atoms with E-state index in [1.807, 2.05) is 0 Å². The number of methoxy groups -OCH3 is 1. The van der Waals surface area contributed by atoms with E-state index in [1.54, 1.807) is 55.6 Å². The zero-order chi connectivity index (χ0) is 16.7. The number of esters is 1. The van der Waals surface area contributed by atoms with E-state index in [2.05, 4.69) is 5.32 Å². The maximum atomic E-state index is 11.7. The molecule has 5 nitrogen and oxygen atoms in total. The van der Waals surface area contributed by atoms with Gasteiger partial charge in [-0.3, -0.25) is 9.59 Å². The molecule has 0 radical (unpaired) electrons. The lowest BCUT2D eigenvalue weighted by Crippen LogP contribution is -2.21. The number of hydrogen-bond acceptors (Lipinski definition) is 4. The van der Waals surface area contributed by atoms with Gasteiger partial charge in [-0.25, -0.2) is 0 Å². The van der Waals surface area contributed by atoms with Gasteiger partial charge in [0.15, 0.2) is 6.61 Å². The molecule has 0 saturated carbocycles. The number of ether oxygens (including phenoxy) is 2. The summed E-state index contributed by atoms with van der Waals surface area (Å²) in [6.45, 7) is -0.335. The Morgan fingerprint density at radius 3 is 2.30 bits per heavy atom. The molecule has 0 fully saturated rings. The predicted molar refractivity (Wildman–Crippen MR) is 87.7 cm³/mol. The minimum Gasteiger partial charge on any atom is -0.497 e. The summed E-state index contributed by atoms with van der Waals surface area (Å²) >= 11 is 5.77. The lowest BCUT2D eigenvalue weighted by Gasteiger charge is -2.07. The fraction of sp³-hybridized carbons (Fsp3) is 0.176. The van der Waals surface area contributed by atoms with Crippen molar-refractivity contribution < 1.29 is 19.1 Å². The number of anilines is 1. The van der Waals surface area contributed by atoms with Gasteiger partial charge >= 0.3 is 5.97 Å². The molecular formula is C17H16ClNO4. The van der Waals surface area contributed by atoms with Gasteiger partial charge in [-0.2, -0.15) is 0 Å². The van der Waals surface area contributed by atoms with E-state index in [4.69, 9.17) is 21.1 Å². The summed E-state index contributed by atoms with van der Waals surface area (Å²) in [6, 6.07) is 13.7. The van der Waals surface area contributed by atoms with Crippen molar-refractivity contribution in [2.45, 2.75) is 6.42 Å². The Balaban J connectivity index is 1.76. The van der Waals surface area contributed by atoms with E-state index < -0.39 is 11.9 Å². The predicted octanol–water partition coefficient (Wildman–Crippen LogP) is 3.07. The monoisotopic (exact) mass is 333 g/mol. The van der Waals surface area contributed by atoms with Gasteiger partial charge in [0, 0.05) is 10.7 Å². The summed E-state index contributed by atoms with van der Waals surface area (Å²) in [4.78, 5) is 23.4. The van der Waals surface area contributed by atoms with Crippen molar-refractivity contribution in [2.75, 3.05) is 19.0 Å². The molecule has 120 valence electrons. The van der Waals surface area contributed by atoms with Crippen LogP contribution in [0.4, 0.5) is 5.69 Å². The molecule has 0 bridgehead atoms. The summed E-state index contributed by atoms with van der Waals surface area (Å²) in [5, 5.41) is 3.23. The Morgan fingerprint density at radius 2 is 1.70 bits per heavy atom. The molecule has 1 amide bonds. The number of amides is 1. The van der Waals surface area contributed by atoms with Crippen LogP contribution in [0.15, 0.2) is 48.5 Å². The van der Waals surface area contributed by atoms with Crippen LogP contribution in [0.1, 0.15) is 5.56 Å². The minimum absolute atomic E-state index is 0.0903. The van der Waals surface area contributed by atoms with Crippen molar-refractivity contribution in [2.24, 2.45) is 0 Å². The average molecular weight is 334 g/mol. The van der Waals surface area contributed by atoms with Crippen molar-refractivity contribution in [1.82, 2.24) is 0 Å². The van der Waals surface area contributed by atoms with Gasteiger partial charge in [-0.1, -0.05) is 23.7 Å². The second-order valence-corrected chi connectivity index (χ2v) is 5.18. The quantitative estimate of drug-likeness (QED) is 0.825. The molecule has 0 spiro atoms. The first-order chi connectivity index (χ1) is 11.1. The largest absolute Gasteiger partial charge is 0.497 e. The van der Waals surface area contributed by atoms with Gasteiger partial charge in [0.25, 0.3) is 5.91 Å². The highest BCUT2D eigenvalue weighted by molar-refractivity contribution is 6.30. The van der Waals surface area contributed by atoms with E-state index >= 15 is 0 Å².